The molecule has 0 nitrogen and oxygen atoms in total. The van der Waals surface area contributed by atoms with E-state index in [2.05, 4.69) is 0 Å². The maximum atomic E-state index is 12.3. The molecular formula is C8H14F2. The Morgan fingerprint density at radius 2 is 2.00 bits per heavy atom. The van der Waals surface area contributed by atoms with Crippen LogP contribution in [0.3, 0.4) is 0 Å². The van der Waals surface area contributed by atoms with Crippen LogP contribution in [0.4, 0.5) is 8.78 Å². The minimum absolute atomic E-state index is 0.561. The van der Waals surface area contributed by atoms with Gasteiger partial charge in [0.1, 0.15) is 0 Å². The maximum absolute atomic E-state index is 12.3. The Balaban J connectivity index is 2.42. The Morgan fingerprint density at radius 3 is 2.10 bits per heavy atom. The molecule has 0 bridgehead atoms. The van der Waals surface area contributed by atoms with Crippen LogP contribution in [-0.4, -0.2) is 6.43 Å². The summed E-state index contributed by atoms with van der Waals surface area (Å²) in [4.78, 5) is 0. The Hall–Kier alpha value is -0.140. The fourth-order valence-electron chi connectivity index (χ4n) is 1.71. The van der Waals surface area contributed by atoms with Crippen LogP contribution < -0.4 is 0 Å². The van der Waals surface area contributed by atoms with E-state index in [9.17, 15) is 8.78 Å². The fourth-order valence-corrected chi connectivity index (χ4v) is 1.71. The summed E-state index contributed by atoms with van der Waals surface area (Å²) in [7, 11) is 0. The second-order valence-corrected chi connectivity index (χ2v) is 3.27. The van der Waals surface area contributed by atoms with Gasteiger partial charge in [0, 0.05) is 5.41 Å². The number of hydrogen-bond acceptors (Lipinski definition) is 0. The summed E-state index contributed by atoms with van der Waals surface area (Å²) in [6.45, 7) is 1.97. The number of hydrogen-bond donors (Lipinski definition) is 0. The highest BCUT2D eigenvalue weighted by Gasteiger charge is 2.44. The first kappa shape index (κ1) is 7.96. The van der Waals surface area contributed by atoms with E-state index in [0.717, 1.165) is 25.7 Å². The molecule has 0 spiro atoms. The van der Waals surface area contributed by atoms with Gasteiger partial charge in [0.2, 0.25) is 6.43 Å². The molecule has 0 N–H and O–H groups in total. The van der Waals surface area contributed by atoms with E-state index in [1.54, 1.807) is 0 Å². The third-order valence-electron chi connectivity index (χ3n) is 2.56. The molecule has 0 aromatic heterocycles. The molecule has 2 heteroatoms. The van der Waals surface area contributed by atoms with E-state index in [4.69, 9.17) is 0 Å². The Kier molecular flexibility index (Phi) is 2.27. The van der Waals surface area contributed by atoms with Crippen LogP contribution in [-0.2, 0) is 0 Å². The molecular weight excluding hydrogens is 134 g/mol. The van der Waals surface area contributed by atoms with E-state index < -0.39 is 11.8 Å². The molecule has 0 aromatic rings. The molecule has 0 amide bonds. The van der Waals surface area contributed by atoms with Crippen molar-refractivity contribution < 1.29 is 8.78 Å². The average Bonchev–Trinajstić information content (AvgIpc) is 1.77. The maximum Gasteiger partial charge on any atom is 0.244 e. The Morgan fingerprint density at radius 1 is 1.40 bits per heavy atom. The highest BCUT2D eigenvalue weighted by molar-refractivity contribution is 4.89. The van der Waals surface area contributed by atoms with Gasteiger partial charge in [-0.2, -0.15) is 0 Å². The third kappa shape index (κ3) is 1.16. The predicted molar refractivity (Wildman–Crippen MR) is 37.2 cm³/mol. The van der Waals surface area contributed by atoms with Gasteiger partial charge in [0.15, 0.2) is 0 Å². The fraction of sp³-hybridized carbons (Fsp3) is 1.00. The normalized spacial score (nSPS) is 22.8. The number of rotatable bonds is 3. The van der Waals surface area contributed by atoms with Crippen LogP contribution in [0.1, 0.15) is 39.0 Å². The summed E-state index contributed by atoms with van der Waals surface area (Å²) in [5.74, 6) is 0. The Bertz CT molecular complexity index is 106. The SMILES string of the molecule is CCCC1(C(F)F)CCC1. The van der Waals surface area contributed by atoms with Crippen molar-refractivity contribution in [3.8, 4) is 0 Å². The lowest BCUT2D eigenvalue weighted by Crippen LogP contribution is -2.36. The lowest BCUT2D eigenvalue weighted by molar-refractivity contribution is -0.0663. The number of alkyl halides is 2. The molecule has 1 fully saturated rings. The summed E-state index contributed by atoms with van der Waals surface area (Å²) in [6, 6.07) is 0. The number of halogens is 2. The summed E-state index contributed by atoms with van der Waals surface area (Å²) in [5, 5.41) is 0. The first-order valence-corrected chi connectivity index (χ1v) is 3.99. The summed E-state index contributed by atoms with van der Waals surface area (Å²) >= 11 is 0. The molecule has 1 rings (SSSR count). The van der Waals surface area contributed by atoms with Gasteiger partial charge in [0.05, 0.1) is 0 Å². The summed E-state index contributed by atoms with van der Waals surface area (Å²) in [6.07, 6.45) is 2.03. The van der Waals surface area contributed by atoms with Gasteiger partial charge in [0.25, 0.3) is 0 Å². The van der Waals surface area contributed by atoms with E-state index in [1.807, 2.05) is 6.92 Å². The highest BCUT2D eigenvalue weighted by Crippen LogP contribution is 2.49. The standard InChI is InChI=1S/C8H14F2/c1-2-4-8(7(9)10)5-3-6-8/h7H,2-6H2,1H3. The molecule has 0 aliphatic heterocycles. The molecule has 10 heavy (non-hydrogen) atoms. The van der Waals surface area contributed by atoms with E-state index in [0.29, 0.717) is 6.42 Å². The van der Waals surface area contributed by atoms with E-state index in [1.165, 1.54) is 0 Å². The molecule has 60 valence electrons. The zero-order valence-electron chi connectivity index (χ0n) is 6.37. The van der Waals surface area contributed by atoms with Crippen LogP contribution >= 0.6 is 0 Å². The smallest absolute Gasteiger partial charge is 0.210 e. The van der Waals surface area contributed by atoms with Crippen LogP contribution in [0, 0.1) is 5.41 Å². The minimum atomic E-state index is -2.08. The van der Waals surface area contributed by atoms with Gasteiger partial charge in [-0.25, -0.2) is 8.78 Å². The lowest BCUT2D eigenvalue weighted by Gasteiger charge is -2.40. The first-order chi connectivity index (χ1) is 4.71. The first-order valence-electron chi connectivity index (χ1n) is 3.99. The molecule has 1 saturated carbocycles. The summed E-state index contributed by atoms with van der Waals surface area (Å²) in [5.41, 5.74) is -0.561. The molecule has 0 unspecified atom stereocenters. The largest absolute Gasteiger partial charge is 0.244 e. The summed E-state index contributed by atoms with van der Waals surface area (Å²) < 4.78 is 24.6. The predicted octanol–water partition coefficient (Wildman–Crippen LogP) is 3.22. The topological polar surface area (TPSA) is 0 Å². The van der Waals surface area contributed by atoms with Gasteiger partial charge in [-0.05, 0) is 19.3 Å². The molecule has 0 aromatic carbocycles. The van der Waals surface area contributed by atoms with Crippen LogP contribution in [0.15, 0.2) is 0 Å². The molecule has 0 saturated heterocycles. The molecule has 0 atom stereocenters. The van der Waals surface area contributed by atoms with Crippen molar-refractivity contribution in [3.05, 3.63) is 0 Å². The van der Waals surface area contributed by atoms with Gasteiger partial charge >= 0.3 is 0 Å². The van der Waals surface area contributed by atoms with Crippen LogP contribution in [0.25, 0.3) is 0 Å². The second-order valence-electron chi connectivity index (χ2n) is 3.27. The quantitative estimate of drug-likeness (QED) is 0.576. The van der Waals surface area contributed by atoms with E-state index in [-0.39, 0.29) is 0 Å². The zero-order chi connectivity index (χ0) is 7.61. The van der Waals surface area contributed by atoms with Crippen molar-refractivity contribution in [2.75, 3.05) is 0 Å². The van der Waals surface area contributed by atoms with Crippen LogP contribution in [0.2, 0.25) is 0 Å². The minimum Gasteiger partial charge on any atom is -0.210 e. The monoisotopic (exact) mass is 148 g/mol. The third-order valence-corrected chi connectivity index (χ3v) is 2.56. The molecule has 0 radical (unpaired) electrons. The van der Waals surface area contributed by atoms with Crippen molar-refractivity contribution in [1.29, 1.82) is 0 Å². The van der Waals surface area contributed by atoms with Crippen LogP contribution in [0.5, 0.6) is 0 Å². The molecule has 1 aliphatic carbocycles. The molecule has 0 heterocycles. The van der Waals surface area contributed by atoms with Gasteiger partial charge in [-0.1, -0.05) is 19.8 Å². The zero-order valence-corrected chi connectivity index (χ0v) is 6.37. The lowest BCUT2D eigenvalue weighted by atomic mass is 9.66. The Labute approximate surface area is 60.6 Å². The van der Waals surface area contributed by atoms with Gasteiger partial charge in [-0.3, -0.25) is 0 Å². The van der Waals surface area contributed by atoms with Crippen molar-refractivity contribution >= 4 is 0 Å². The average molecular weight is 148 g/mol. The van der Waals surface area contributed by atoms with Gasteiger partial charge in [-0.15, -0.1) is 0 Å². The van der Waals surface area contributed by atoms with Gasteiger partial charge < -0.3 is 0 Å². The van der Waals surface area contributed by atoms with Crippen molar-refractivity contribution in [3.63, 3.8) is 0 Å². The highest BCUT2D eigenvalue weighted by atomic mass is 19.3. The van der Waals surface area contributed by atoms with Crippen molar-refractivity contribution in [2.45, 2.75) is 45.5 Å². The molecule has 1 aliphatic rings. The second kappa shape index (κ2) is 2.85. The van der Waals surface area contributed by atoms with Crippen molar-refractivity contribution in [1.82, 2.24) is 0 Å². The van der Waals surface area contributed by atoms with E-state index >= 15 is 0 Å². The van der Waals surface area contributed by atoms with Crippen molar-refractivity contribution in [2.24, 2.45) is 5.41 Å².